The third kappa shape index (κ3) is 2.29. The van der Waals surface area contributed by atoms with E-state index in [2.05, 4.69) is 0 Å². The fraction of sp³-hybridized carbons (Fsp3) is 0.0625. The van der Waals surface area contributed by atoms with Gasteiger partial charge in [-0.2, -0.15) is 0 Å². The number of aryl methyl sites for hydroxylation is 1. The van der Waals surface area contributed by atoms with Gasteiger partial charge in [0.25, 0.3) is 5.69 Å². The summed E-state index contributed by atoms with van der Waals surface area (Å²) in [5.74, 6) is 0. The zero-order valence-electron chi connectivity index (χ0n) is 11.2. The van der Waals surface area contributed by atoms with Crippen LogP contribution in [0.15, 0.2) is 57.7 Å². The van der Waals surface area contributed by atoms with Crippen molar-refractivity contribution in [3.8, 4) is 11.1 Å². The Balaban J connectivity index is 2.18. The normalized spacial score (nSPS) is 10.7. The molecule has 5 nitrogen and oxygen atoms in total. The summed E-state index contributed by atoms with van der Waals surface area (Å²) in [5.41, 5.74) is 1.97. The van der Waals surface area contributed by atoms with Crippen LogP contribution in [0, 0.1) is 17.0 Å². The van der Waals surface area contributed by atoms with Crippen LogP contribution in [0.5, 0.6) is 0 Å². The summed E-state index contributed by atoms with van der Waals surface area (Å²) in [5, 5.41) is 11.5. The van der Waals surface area contributed by atoms with Crippen LogP contribution >= 0.6 is 0 Å². The first kappa shape index (κ1) is 13.1. The zero-order chi connectivity index (χ0) is 15.0. The number of benzene rings is 2. The number of hydrogen-bond donors (Lipinski definition) is 0. The average molecular weight is 281 g/mol. The number of nitro benzene ring substituents is 1. The summed E-state index contributed by atoms with van der Waals surface area (Å²) in [6.07, 6.45) is 0. The lowest BCUT2D eigenvalue weighted by Crippen LogP contribution is -2.03. The number of nitrogens with zero attached hydrogens (tertiary/aromatic N) is 1. The van der Waals surface area contributed by atoms with Crippen LogP contribution in [-0.4, -0.2) is 4.92 Å². The molecule has 0 aliphatic carbocycles. The maximum atomic E-state index is 12.1. The fourth-order valence-corrected chi connectivity index (χ4v) is 2.25. The van der Waals surface area contributed by atoms with Crippen LogP contribution in [0.2, 0.25) is 0 Å². The molecule has 0 aliphatic heterocycles. The standard InChI is InChI=1S/C16H11NO4/c1-10-3-2-4-12-9-14(16(18)21-15(10)12)11-5-7-13(8-6-11)17(19)20/h2-9H,1H3. The van der Waals surface area contributed by atoms with Gasteiger partial charge in [0, 0.05) is 17.5 Å². The van der Waals surface area contributed by atoms with Crippen LogP contribution in [0.25, 0.3) is 22.1 Å². The molecule has 3 aromatic rings. The Bertz CT molecular complexity index is 894. The van der Waals surface area contributed by atoms with Crippen LogP contribution in [0.4, 0.5) is 5.69 Å². The van der Waals surface area contributed by atoms with E-state index in [0.717, 1.165) is 10.9 Å². The van der Waals surface area contributed by atoms with Crippen molar-refractivity contribution in [3.05, 3.63) is 74.6 Å². The summed E-state index contributed by atoms with van der Waals surface area (Å²) < 4.78 is 5.37. The van der Waals surface area contributed by atoms with Crippen LogP contribution in [0.3, 0.4) is 0 Å². The molecular weight excluding hydrogens is 270 g/mol. The van der Waals surface area contributed by atoms with Crippen molar-refractivity contribution in [1.29, 1.82) is 0 Å². The highest BCUT2D eigenvalue weighted by Gasteiger charge is 2.11. The predicted octanol–water partition coefficient (Wildman–Crippen LogP) is 3.68. The molecule has 0 N–H and O–H groups in total. The minimum absolute atomic E-state index is 0.0141. The largest absolute Gasteiger partial charge is 0.422 e. The Kier molecular flexibility index (Phi) is 3.02. The summed E-state index contributed by atoms with van der Waals surface area (Å²) in [6, 6.07) is 13.2. The van der Waals surface area contributed by atoms with E-state index in [-0.39, 0.29) is 5.69 Å². The fourth-order valence-electron chi connectivity index (χ4n) is 2.25. The molecule has 0 radical (unpaired) electrons. The number of fused-ring (bicyclic) bond motifs is 1. The second-order valence-corrected chi connectivity index (χ2v) is 4.74. The third-order valence-corrected chi connectivity index (χ3v) is 3.35. The number of para-hydroxylation sites is 1. The van der Waals surface area contributed by atoms with Gasteiger partial charge in [-0.3, -0.25) is 10.1 Å². The van der Waals surface area contributed by atoms with Gasteiger partial charge in [-0.1, -0.05) is 18.2 Å². The topological polar surface area (TPSA) is 73.3 Å². The molecule has 0 fully saturated rings. The monoisotopic (exact) mass is 281 g/mol. The van der Waals surface area contributed by atoms with Gasteiger partial charge >= 0.3 is 5.63 Å². The first-order valence-corrected chi connectivity index (χ1v) is 6.34. The Hall–Kier alpha value is -2.95. The van der Waals surface area contributed by atoms with Gasteiger partial charge in [0.1, 0.15) is 5.58 Å². The van der Waals surface area contributed by atoms with E-state index in [9.17, 15) is 14.9 Å². The predicted molar refractivity (Wildman–Crippen MR) is 79.3 cm³/mol. The van der Waals surface area contributed by atoms with Gasteiger partial charge in [0.05, 0.1) is 10.5 Å². The average Bonchev–Trinajstić information content (AvgIpc) is 2.48. The first-order valence-electron chi connectivity index (χ1n) is 6.34. The maximum absolute atomic E-state index is 12.1. The van der Waals surface area contributed by atoms with E-state index in [1.54, 1.807) is 18.2 Å². The quantitative estimate of drug-likeness (QED) is 0.408. The molecule has 2 aromatic carbocycles. The number of rotatable bonds is 2. The summed E-state index contributed by atoms with van der Waals surface area (Å²) in [4.78, 5) is 22.3. The first-order chi connectivity index (χ1) is 10.1. The lowest BCUT2D eigenvalue weighted by Gasteiger charge is -2.04. The van der Waals surface area contributed by atoms with Gasteiger partial charge in [-0.25, -0.2) is 4.79 Å². The highest BCUT2D eigenvalue weighted by molar-refractivity contribution is 5.83. The molecule has 0 spiro atoms. The third-order valence-electron chi connectivity index (χ3n) is 3.35. The molecule has 1 aromatic heterocycles. The minimum Gasteiger partial charge on any atom is -0.422 e. The molecule has 21 heavy (non-hydrogen) atoms. The van der Waals surface area contributed by atoms with E-state index >= 15 is 0 Å². The van der Waals surface area contributed by atoms with Gasteiger partial charge < -0.3 is 4.42 Å². The van der Waals surface area contributed by atoms with Crippen molar-refractivity contribution in [1.82, 2.24) is 0 Å². The van der Waals surface area contributed by atoms with Gasteiger partial charge in [-0.15, -0.1) is 0 Å². The van der Waals surface area contributed by atoms with Crippen LogP contribution in [-0.2, 0) is 0 Å². The molecule has 0 bridgehead atoms. The molecule has 1 heterocycles. The van der Waals surface area contributed by atoms with Crippen LogP contribution in [0.1, 0.15) is 5.56 Å². The van der Waals surface area contributed by atoms with Gasteiger partial charge in [0.15, 0.2) is 0 Å². The summed E-state index contributed by atoms with van der Waals surface area (Å²) in [7, 11) is 0. The molecule has 3 rings (SSSR count). The molecule has 5 heteroatoms. The molecular formula is C16H11NO4. The van der Waals surface area contributed by atoms with Crippen molar-refractivity contribution >= 4 is 16.7 Å². The van der Waals surface area contributed by atoms with Crippen LogP contribution < -0.4 is 5.63 Å². The van der Waals surface area contributed by atoms with Crippen molar-refractivity contribution in [2.45, 2.75) is 6.92 Å². The van der Waals surface area contributed by atoms with E-state index in [0.29, 0.717) is 16.7 Å². The van der Waals surface area contributed by atoms with Crippen molar-refractivity contribution in [3.63, 3.8) is 0 Å². The van der Waals surface area contributed by atoms with E-state index < -0.39 is 10.5 Å². The van der Waals surface area contributed by atoms with E-state index in [4.69, 9.17) is 4.42 Å². The van der Waals surface area contributed by atoms with Gasteiger partial charge in [-0.05, 0) is 36.2 Å². The van der Waals surface area contributed by atoms with Crippen molar-refractivity contribution in [2.24, 2.45) is 0 Å². The number of non-ortho nitro benzene ring substituents is 1. The summed E-state index contributed by atoms with van der Waals surface area (Å²) in [6.45, 7) is 1.87. The summed E-state index contributed by atoms with van der Waals surface area (Å²) >= 11 is 0. The Labute approximate surface area is 119 Å². The number of nitro groups is 1. The Morgan fingerprint density at radius 1 is 1.10 bits per heavy atom. The molecule has 0 saturated heterocycles. The Morgan fingerprint density at radius 2 is 1.81 bits per heavy atom. The van der Waals surface area contributed by atoms with Crippen molar-refractivity contribution < 1.29 is 9.34 Å². The van der Waals surface area contributed by atoms with E-state index in [1.165, 1.54) is 12.1 Å². The van der Waals surface area contributed by atoms with Gasteiger partial charge in [0.2, 0.25) is 0 Å². The SMILES string of the molecule is Cc1cccc2cc(-c3ccc([N+](=O)[O-])cc3)c(=O)oc12. The molecule has 0 atom stereocenters. The maximum Gasteiger partial charge on any atom is 0.344 e. The highest BCUT2D eigenvalue weighted by atomic mass is 16.6. The molecule has 104 valence electrons. The van der Waals surface area contributed by atoms with E-state index in [1.807, 2.05) is 25.1 Å². The molecule has 0 unspecified atom stereocenters. The minimum atomic E-state index is -0.476. The second kappa shape index (κ2) is 4.86. The number of hydrogen-bond acceptors (Lipinski definition) is 4. The lowest BCUT2D eigenvalue weighted by molar-refractivity contribution is -0.384. The molecule has 0 amide bonds. The molecule has 0 aliphatic rings. The van der Waals surface area contributed by atoms with Crippen molar-refractivity contribution in [2.75, 3.05) is 0 Å². The lowest BCUT2D eigenvalue weighted by atomic mass is 10.0. The molecule has 0 saturated carbocycles. The highest BCUT2D eigenvalue weighted by Crippen LogP contribution is 2.24. The zero-order valence-corrected chi connectivity index (χ0v) is 11.2. The smallest absolute Gasteiger partial charge is 0.344 e. The Morgan fingerprint density at radius 3 is 2.48 bits per heavy atom. The second-order valence-electron chi connectivity index (χ2n) is 4.74.